The van der Waals surface area contributed by atoms with Crippen molar-refractivity contribution in [3.05, 3.63) is 0 Å². The minimum absolute atomic E-state index is 0.298. The Morgan fingerprint density at radius 2 is 1.73 bits per heavy atom. The number of nitrogens with zero attached hydrogens (tertiary/aromatic N) is 2. The number of rotatable bonds is 3. The predicted octanol–water partition coefficient (Wildman–Crippen LogP) is 1.45. The van der Waals surface area contributed by atoms with Crippen LogP contribution in [0.2, 0.25) is 0 Å². The van der Waals surface area contributed by atoms with Gasteiger partial charge in [-0.3, -0.25) is 9.69 Å². The molecule has 1 rings (SSSR count). The van der Waals surface area contributed by atoms with Crippen LogP contribution in [-0.4, -0.2) is 47.3 Å². The first kappa shape index (κ1) is 12.8. The van der Waals surface area contributed by atoms with Crippen molar-refractivity contribution in [2.45, 2.75) is 32.6 Å². The highest BCUT2D eigenvalue weighted by atomic mass is 32.1. The quantitative estimate of drug-likeness (QED) is 0.742. The number of amides is 1. The fraction of sp³-hybridized carbons (Fsp3) is 0.909. The van der Waals surface area contributed by atoms with Crippen LogP contribution in [0.25, 0.3) is 0 Å². The Morgan fingerprint density at radius 1 is 1.20 bits per heavy atom. The topological polar surface area (TPSA) is 23.6 Å². The lowest BCUT2D eigenvalue weighted by Crippen LogP contribution is -2.50. The largest absolute Gasteiger partial charge is 0.340 e. The third-order valence-corrected chi connectivity index (χ3v) is 3.10. The van der Waals surface area contributed by atoms with Crippen molar-refractivity contribution in [2.24, 2.45) is 5.92 Å². The molecule has 1 atom stereocenters. The van der Waals surface area contributed by atoms with E-state index in [0.717, 1.165) is 26.2 Å². The van der Waals surface area contributed by atoms with E-state index in [1.807, 2.05) is 4.90 Å². The summed E-state index contributed by atoms with van der Waals surface area (Å²) in [6.45, 7) is 9.87. The van der Waals surface area contributed by atoms with Crippen molar-refractivity contribution in [1.82, 2.24) is 9.80 Å². The van der Waals surface area contributed by atoms with Crippen molar-refractivity contribution < 1.29 is 4.79 Å². The Balaban J connectivity index is 2.34. The molecular weight excluding hydrogens is 208 g/mol. The minimum atomic E-state index is 0.298. The monoisotopic (exact) mass is 230 g/mol. The molecule has 1 unspecified atom stereocenters. The van der Waals surface area contributed by atoms with E-state index in [-0.39, 0.29) is 0 Å². The first-order valence-corrected chi connectivity index (χ1v) is 6.22. The zero-order valence-corrected chi connectivity index (χ0v) is 10.8. The van der Waals surface area contributed by atoms with Gasteiger partial charge in [-0.2, -0.15) is 12.6 Å². The lowest BCUT2D eigenvalue weighted by Gasteiger charge is -2.36. The Labute approximate surface area is 98.2 Å². The van der Waals surface area contributed by atoms with Crippen molar-refractivity contribution in [3.63, 3.8) is 0 Å². The van der Waals surface area contributed by atoms with Crippen LogP contribution in [0, 0.1) is 5.92 Å². The van der Waals surface area contributed by atoms with Crippen molar-refractivity contribution in [3.8, 4) is 0 Å². The molecule has 0 aromatic rings. The van der Waals surface area contributed by atoms with Gasteiger partial charge in [-0.05, 0) is 12.8 Å². The normalized spacial score (nSPS) is 20.7. The van der Waals surface area contributed by atoms with Gasteiger partial charge in [-0.25, -0.2) is 0 Å². The van der Waals surface area contributed by atoms with Crippen LogP contribution in [0.5, 0.6) is 0 Å². The van der Waals surface area contributed by atoms with Gasteiger partial charge in [0, 0.05) is 32.6 Å². The lowest BCUT2D eigenvalue weighted by molar-refractivity contribution is -0.133. The molecule has 0 aromatic heterocycles. The van der Waals surface area contributed by atoms with Gasteiger partial charge in [0.05, 0.1) is 5.37 Å². The predicted molar refractivity (Wildman–Crippen MR) is 66.1 cm³/mol. The maximum atomic E-state index is 11.8. The van der Waals surface area contributed by atoms with E-state index in [1.165, 1.54) is 0 Å². The molecule has 15 heavy (non-hydrogen) atoms. The number of thiol groups is 1. The zero-order chi connectivity index (χ0) is 11.4. The average molecular weight is 230 g/mol. The van der Waals surface area contributed by atoms with Crippen LogP contribution in [0.3, 0.4) is 0 Å². The number of carbonyl (C=O) groups is 1. The standard InChI is InChI=1S/C11H22N2OS/c1-9(2)8-11(14)13-6-4-12(5-7-13)10(3)15/h9-10,15H,4-8H2,1-3H3. The summed E-state index contributed by atoms with van der Waals surface area (Å²) >= 11 is 4.40. The molecule has 1 aliphatic heterocycles. The van der Waals surface area contributed by atoms with Gasteiger partial charge >= 0.3 is 0 Å². The van der Waals surface area contributed by atoms with Crippen LogP contribution in [0.1, 0.15) is 27.2 Å². The molecule has 1 saturated heterocycles. The summed E-state index contributed by atoms with van der Waals surface area (Å²) in [7, 11) is 0. The molecule has 0 radical (unpaired) electrons. The molecule has 0 spiro atoms. The molecule has 0 N–H and O–H groups in total. The molecule has 4 heteroatoms. The third-order valence-electron chi connectivity index (χ3n) is 2.78. The third kappa shape index (κ3) is 4.03. The highest BCUT2D eigenvalue weighted by Crippen LogP contribution is 2.11. The summed E-state index contributed by atoms with van der Waals surface area (Å²) in [6, 6.07) is 0. The molecule has 1 heterocycles. The summed E-state index contributed by atoms with van der Waals surface area (Å²) in [6.07, 6.45) is 0.677. The lowest BCUT2D eigenvalue weighted by atomic mass is 10.1. The maximum Gasteiger partial charge on any atom is 0.222 e. The van der Waals surface area contributed by atoms with Crippen molar-refractivity contribution in [2.75, 3.05) is 26.2 Å². The van der Waals surface area contributed by atoms with E-state index in [2.05, 4.69) is 38.3 Å². The van der Waals surface area contributed by atoms with Gasteiger partial charge in [-0.15, -0.1) is 0 Å². The zero-order valence-electron chi connectivity index (χ0n) is 9.94. The molecule has 1 fully saturated rings. The molecule has 0 saturated carbocycles. The molecule has 0 bridgehead atoms. The van der Waals surface area contributed by atoms with Gasteiger partial charge in [-0.1, -0.05) is 13.8 Å². The Morgan fingerprint density at radius 3 is 2.13 bits per heavy atom. The molecule has 88 valence electrons. The second-order valence-electron chi connectivity index (χ2n) is 4.65. The van der Waals surface area contributed by atoms with E-state index in [0.29, 0.717) is 23.6 Å². The second kappa shape index (κ2) is 5.75. The van der Waals surface area contributed by atoms with Crippen molar-refractivity contribution >= 4 is 18.5 Å². The van der Waals surface area contributed by atoms with Crippen LogP contribution in [-0.2, 0) is 4.79 Å². The Bertz CT molecular complexity index is 211. The number of hydrogen-bond donors (Lipinski definition) is 1. The van der Waals surface area contributed by atoms with Crippen LogP contribution in [0.4, 0.5) is 0 Å². The van der Waals surface area contributed by atoms with Gasteiger partial charge in [0.15, 0.2) is 0 Å². The first-order valence-electron chi connectivity index (χ1n) is 5.70. The average Bonchev–Trinajstić information content (AvgIpc) is 2.17. The van der Waals surface area contributed by atoms with E-state index in [1.54, 1.807) is 0 Å². The summed E-state index contributed by atoms with van der Waals surface area (Å²) in [5.41, 5.74) is 0. The SMILES string of the molecule is CC(C)CC(=O)N1CCN(C(C)S)CC1. The van der Waals surface area contributed by atoms with E-state index < -0.39 is 0 Å². The summed E-state index contributed by atoms with van der Waals surface area (Å²) < 4.78 is 0. The smallest absolute Gasteiger partial charge is 0.222 e. The molecule has 0 aromatic carbocycles. The number of piperazine rings is 1. The van der Waals surface area contributed by atoms with Crippen LogP contribution >= 0.6 is 12.6 Å². The molecular formula is C11H22N2OS. The van der Waals surface area contributed by atoms with E-state index in [9.17, 15) is 4.79 Å². The highest BCUT2D eigenvalue weighted by Gasteiger charge is 2.22. The van der Waals surface area contributed by atoms with Crippen LogP contribution in [0.15, 0.2) is 0 Å². The van der Waals surface area contributed by atoms with Gasteiger partial charge in [0.2, 0.25) is 5.91 Å². The van der Waals surface area contributed by atoms with Gasteiger partial charge in [0.1, 0.15) is 0 Å². The summed E-state index contributed by atoms with van der Waals surface area (Å²) in [5, 5.41) is 0.298. The fourth-order valence-electron chi connectivity index (χ4n) is 1.82. The van der Waals surface area contributed by atoms with Gasteiger partial charge < -0.3 is 4.90 Å². The maximum absolute atomic E-state index is 11.8. The molecule has 1 aliphatic rings. The summed E-state index contributed by atoms with van der Waals surface area (Å²) in [5.74, 6) is 0.760. The first-order chi connectivity index (χ1) is 7.00. The van der Waals surface area contributed by atoms with Crippen LogP contribution < -0.4 is 0 Å². The van der Waals surface area contributed by atoms with Crippen molar-refractivity contribution in [1.29, 1.82) is 0 Å². The summed E-state index contributed by atoms with van der Waals surface area (Å²) in [4.78, 5) is 16.0. The van der Waals surface area contributed by atoms with Gasteiger partial charge in [0.25, 0.3) is 0 Å². The number of carbonyl (C=O) groups excluding carboxylic acids is 1. The highest BCUT2D eigenvalue weighted by molar-refractivity contribution is 7.80. The van der Waals surface area contributed by atoms with E-state index in [4.69, 9.17) is 0 Å². The Hall–Kier alpha value is -0.220. The Kier molecular flexibility index (Phi) is 4.93. The fourth-order valence-corrected chi connectivity index (χ4v) is 2.05. The molecule has 3 nitrogen and oxygen atoms in total. The molecule has 0 aliphatic carbocycles. The minimum Gasteiger partial charge on any atom is -0.340 e. The second-order valence-corrected chi connectivity index (χ2v) is 5.39. The number of hydrogen-bond acceptors (Lipinski definition) is 3. The van der Waals surface area contributed by atoms with E-state index >= 15 is 0 Å². The molecule has 1 amide bonds.